The highest BCUT2D eigenvalue weighted by atomic mass is 32.2. The predicted octanol–water partition coefficient (Wildman–Crippen LogP) is 0.146. The van der Waals surface area contributed by atoms with Gasteiger partial charge in [-0.25, -0.2) is 8.42 Å². The molecule has 0 aromatic carbocycles. The third-order valence-electron chi connectivity index (χ3n) is 3.85. The number of hydrogen-bond acceptors (Lipinski definition) is 5. The van der Waals surface area contributed by atoms with Crippen LogP contribution in [0.4, 0.5) is 5.82 Å². The van der Waals surface area contributed by atoms with Gasteiger partial charge in [0.25, 0.3) is 5.91 Å². The van der Waals surface area contributed by atoms with Crippen molar-refractivity contribution in [3.63, 3.8) is 0 Å². The molecule has 3 heterocycles. The average molecular weight is 353 g/mol. The second-order valence-corrected chi connectivity index (χ2v) is 7.67. The van der Waals surface area contributed by atoms with Gasteiger partial charge in [0.15, 0.2) is 5.82 Å². The Morgan fingerprint density at radius 2 is 2.29 bits per heavy atom. The molecule has 1 atom stereocenters. The molecule has 0 bridgehead atoms. The third kappa shape index (κ3) is 3.35. The highest BCUT2D eigenvalue weighted by Crippen LogP contribution is 2.21. The number of aromatic amines is 1. The lowest BCUT2D eigenvalue weighted by atomic mass is 10.1. The number of aliphatic hydroxyl groups is 1. The lowest BCUT2D eigenvalue weighted by Gasteiger charge is -2.28. The first kappa shape index (κ1) is 16.7. The lowest BCUT2D eigenvalue weighted by Crippen LogP contribution is -2.41. The Kier molecular flexibility index (Phi) is 4.43. The maximum atomic E-state index is 12.6. The number of H-pyrrole nitrogens is 1. The summed E-state index contributed by atoms with van der Waals surface area (Å²) in [6.45, 7) is 0.434. The second-order valence-electron chi connectivity index (χ2n) is 5.74. The Labute approximate surface area is 139 Å². The number of carbonyl (C=O) groups excluding carboxylic acids is 1. The maximum absolute atomic E-state index is 12.6. The van der Waals surface area contributed by atoms with Crippen LogP contribution in [0, 0.1) is 0 Å². The topological polar surface area (TPSA) is 120 Å². The first-order valence-corrected chi connectivity index (χ1v) is 8.98. The van der Waals surface area contributed by atoms with E-state index < -0.39 is 22.0 Å². The summed E-state index contributed by atoms with van der Waals surface area (Å²) in [6.07, 6.45) is 3.51. The van der Waals surface area contributed by atoms with Crippen LogP contribution >= 0.6 is 0 Å². The van der Waals surface area contributed by atoms with Gasteiger partial charge in [0.1, 0.15) is 10.6 Å². The molecule has 1 aliphatic heterocycles. The molecular formula is C14H19N5O4S. The number of aliphatic hydroxyl groups excluding tert-OH is 1. The molecule has 3 rings (SSSR count). The summed E-state index contributed by atoms with van der Waals surface area (Å²) in [5, 5.41) is 16.3. The zero-order chi connectivity index (χ0) is 17.3. The summed E-state index contributed by atoms with van der Waals surface area (Å²) >= 11 is 0. The quantitative estimate of drug-likeness (QED) is 0.722. The monoisotopic (exact) mass is 353 g/mol. The molecule has 0 aliphatic carbocycles. The van der Waals surface area contributed by atoms with Crippen LogP contribution in [-0.2, 0) is 17.1 Å². The van der Waals surface area contributed by atoms with E-state index in [4.69, 9.17) is 0 Å². The number of piperidine rings is 1. The molecule has 1 fully saturated rings. The van der Waals surface area contributed by atoms with Crippen molar-refractivity contribution in [2.24, 2.45) is 7.05 Å². The number of hydrogen-bond donors (Lipinski definition) is 3. The number of carbonyl (C=O) groups is 1. The molecule has 1 saturated heterocycles. The molecule has 9 nitrogen and oxygen atoms in total. The molecule has 10 heteroatoms. The van der Waals surface area contributed by atoms with Gasteiger partial charge in [-0.2, -0.15) is 9.40 Å². The van der Waals surface area contributed by atoms with E-state index in [1.807, 2.05) is 0 Å². The van der Waals surface area contributed by atoms with Crippen molar-refractivity contribution in [2.45, 2.75) is 23.8 Å². The van der Waals surface area contributed by atoms with E-state index in [9.17, 15) is 18.3 Å². The second kappa shape index (κ2) is 6.38. The van der Waals surface area contributed by atoms with Crippen molar-refractivity contribution in [1.82, 2.24) is 19.1 Å². The molecule has 0 radical (unpaired) electrons. The highest BCUT2D eigenvalue weighted by molar-refractivity contribution is 7.89. The summed E-state index contributed by atoms with van der Waals surface area (Å²) in [7, 11) is -2.01. The minimum atomic E-state index is -3.73. The van der Waals surface area contributed by atoms with Gasteiger partial charge in [-0.3, -0.25) is 9.48 Å². The van der Waals surface area contributed by atoms with Crippen LogP contribution in [0.2, 0.25) is 0 Å². The van der Waals surface area contributed by atoms with Gasteiger partial charge in [0.05, 0.1) is 6.10 Å². The van der Waals surface area contributed by atoms with E-state index in [0.717, 1.165) is 0 Å². The first-order chi connectivity index (χ1) is 11.4. The largest absolute Gasteiger partial charge is 0.392 e. The molecule has 24 heavy (non-hydrogen) atoms. The summed E-state index contributed by atoms with van der Waals surface area (Å²) in [5.41, 5.74) is 0.122. The van der Waals surface area contributed by atoms with Crippen LogP contribution in [-0.4, -0.2) is 57.7 Å². The normalized spacial score (nSPS) is 19.3. The van der Waals surface area contributed by atoms with Gasteiger partial charge < -0.3 is 15.4 Å². The van der Waals surface area contributed by atoms with Crippen LogP contribution in [0.3, 0.4) is 0 Å². The van der Waals surface area contributed by atoms with Gasteiger partial charge in [0.2, 0.25) is 10.0 Å². The Balaban J connectivity index is 1.75. The van der Waals surface area contributed by atoms with E-state index in [1.54, 1.807) is 24.0 Å². The van der Waals surface area contributed by atoms with E-state index >= 15 is 0 Å². The number of anilines is 1. The fourth-order valence-corrected chi connectivity index (χ4v) is 4.12. The molecular weight excluding hydrogens is 334 g/mol. The van der Waals surface area contributed by atoms with Crippen molar-refractivity contribution in [3.05, 3.63) is 30.2 Å². The number of nitrogens with zero attached hydrogens (tertiary/aromatic N) is 3. The molecule has 130 valence electrons. The van der Waals surface area contributed by atoms with Crippen LogP contribution in [0.25, 0.3) is 0 Å². The number of amides is 1. The first-order valence-electron chi connectivity index (χ1n) is 7.54. The van der Waals surface area contributed by atoms with E-state index in [1.165, 1.54) is 16.6 Å². The Hall–Kier alpha value is -2.17. The van der Waals surface area contributed by atoms with Crippen LogP contribution in [0.15, 0.2) is 29.4 Å². The standard InChI is InChI=1S/C14H19N5O4S/c1-18-6-4-13(17-18)16-14(21)12-7-11(8-15-12)24(22,23)19-5-2-3-10(20)9-19/h4,6-8,10,15,20H,2-3,5,9H2,1H3,(H,16,17,21)/t10-/m0/s1. The van der Waals surface area contributed by atoms with Crippen LogP contribution in [0.1, 0.15) is 23.3 Å². The minimum Gasteiger partial charge on any atom is -0.392 e. The third-order valence-corrected chi connectivity index (χ3v) is 5.70. The number of rotatable bonds is 4. The van der Waals surface area contributed by atoms with Gasteiger partial charge in [0, 0.05) is 38.6 Å². The highest BCUT2D eigenvalue weighted by Gasteiger charge is 2.30. The van der Waals surface area contributed by atoms with Crippen molar-refractivity contribution >= 4 is 21.7 Å². The summed E-state index contributed by atoms with van der Waals surface area (Å²) < 4.78 is 27.9. The zero-order valence-electron chi connectivity index (χ0n) is 13.1. The Morgan fingerprint density at radius 3 is 2.96 bits per heavy atom. The molecule has 2 aromatic rings. The fourth-order valence-electron chi connectivity index (χ4n) is 2.61. The fraction of sp³-hybridized carbons (Fsp3) is 0.429. The molecule has 1 amide bonds. The van der Waals surface area contributed by atoms with E-state index in [-0.39, 0.29) is 17.1 Å². The predicted molar refractivity (Wildman–Crippen MR) is 86.0 cm³/mol. The molecule has 0 saturated carbocycles. The van der Waals surface area contributed by atoms with Gasteiger partial charge >= 0.3 is 0 Å². The summed E-state index contributed by atoms with van der Waals surface area (Å²) in [5.74, 6) is -0.102. The number of sulfonamides is 1. The maximum Gasteiger partial charge on any atom is 0.273 e. The van der Waals surface area contributed by atoms with E-state index in [0.29, 0.717) is 25.2 Å². The Bertz CT molecular complexity index is 841. The molecule has 0 unspecified atom stereocenters. The van der Waals surface area contributed by atoms with Crippen molar-refractivity contribution < 1.29 is 18.3 Å². The van der Waals surface area contributed by atoms with E-state index in [2.05, 4.69) is 15.4 Å². The zero-order valence-corrected chi connectivity index (χ0v) is 14.0. The average Bonchev–Trinajstić information content (AvgIpc) is 3.17. The molecule has 0 spiro atoms. The molecule has 3 N–H and O–H groups in total. The number of β-amino-alcohol motifs (C(OH)–C–C–N with tert-alkyl or cyclic N) is 1. The van der Waals surface area contributed by atoms with Crippen molar-refractivity contribution in [1.29, 1.82) is 0 Å². The minimum absolute atomic E-state index is 0.00257. The number of nitrogens with one attached hydrogen (secondary N) is 2. The lowest BCUT2D eigenvalue weighted by molar-refractivity contribution is 0.102. The SMILES string of the molecule is Cn1ccc(NC(=O)c2cc(S(=O)(=O)N3CCC[C@H](O)C3)c[nH]2)n1. The number of aromatic nitrogens is 3. The van der Waals surface area contributed by atoms with Crippen LogP contribution in [0.5, 0.6) is 0 Å². The van der Waals surface area contributed by atoms with Crippen molar-refractivity contribution in [3.8, 4) is 0 Å². The number of aryl methyl sites for hydroxylation is 1. The smallest absolute Gasteiger partial charge is 0.273 e. The summed E-state index contributed by atoms with van der Waals surface area (Å²) in [4.78, 5) is 14.8. The summed E-state index contributed by atoms with van der Waals surface area (Å²) in [6, 6.07) is 2.92. The van der Waals surface area contributed by atoms with Crippen molar-refractivity contribution in [2.75, 3.05) is 18.4 Å². The Morgan fingerprint density at radius 1 is 1.50 bits per heavy atom. The van der Waals surface area contributed by atoms with Gasteiger partial charge in [-0.1, -0.05) is 0 Å². The van der Waals surface area contributed by atoms with Crippen LogP contribution < -0.4 is 5.32 Å². The van der Waals surface area contributed by atoms with Gasteiger partial charge in [-0.05, 0) is 18.9 Å². The molecule has 1 aliphatic rings. The molecule has 2 aromatic heterocycles. The van der Waals surface area contributed by atoms with Gasteiger partial charge in [-0.15, -0.1) is 0 Å².